The number of hydrogen-bond acceptors (Lipinski definition) is 2. The Labute approximate surface area is 86.5 Å². The summed E-state index contributed by atoms with van der Waals surface area (Å²) in [5.41, 5.74) is -0.291. The molecular weight excluding hydrogens is 175 g/mol. The van der Waals surface area contributed by atoms with E-state index in [1.165, 1.54) is 19.3 Å². The van der Waals surface area contributed by atoms with Crippen molar-refractivity contribution in [2.45, 2.75) is 63.5 Å². The minimum Gasteiger partial charge on any atom is -0.403 e. The van der Waals surface area contributed by atoms with Crippen molar-refractivity contribution in [1.29, 1.82) is 0 Å². The molecule has 0 atom stereocenters. The predicted molar refractivity (Wildman–Crippen MR) is 56.1 cm³/mol. The van der Waals surface area contributed by atoms with Crippen molar-refractivity contribution in [3.8, 4) is 0 Å². The second kappa shape index (κ2) is 2.22. The van der Waals surface area contributed by atoms with Gasteiger partial charge in [-0.05, 0) is 52.9 Å². The van der Waals surface area contributed by atoms with E-state index in [2.05, 4.69) is 27.7 Å². The summed E-state index contributed by atoms with van der Waals surface area (Å²) in [6.45, 7) is 8.55. The van der Waals surface area contributed by atoms with Crippen LogP contribution in [0, 0.1) is 5.92 Å². The predicted octanol–water partition coefficient (Wildman–Crippen LogP) is 2.63. The Balaban J connectivity index is 1.80. The summed E-state index contributed by atoms with van der Waals surface area (Å²) in [7, 11) is 0.0671. The average Bonchev–Trinajstić information content (AvgIpc) is 1.92. The first-order chi connectivity index (χ1) is 6.35. The zero-order chi connectivity index (χ0) is 10.2. The van der Waals surface area contributed by atoms with Crippen LogP contribution < -0.4 is 0 Å². The van der Waals surface area contributed by atoms with Crippen LogP contribution in [0.1, 0.15) is 47.0 Å². The Morgan fingerprint density at radius 3 is 1.64 bits per heavy atom. The lowest BCUT2D eigenvalue weighted by molar-refractivity contribution is 0.00252. The lowest BCUT2D eigenvalue weighted by Crippen LogP contribution is -2.56. The van der Waals surface area contributed by atoms with E-state index >= 15 is 0 Å². The SMILES string of the molecule is CC1(C)OB(C23CC(C2)C3)OC1(C)C. The fraction of sp³-hybridized carbons (Fsp3) is 1.00. The van der Waals surface area contributed by atoms with Crippen LogP contribution in [0.3, 0.4) is 0 Å². The summed E-state index contributed by atoms with van der Waals surface area (Å²) in [4.78, 5) is 0. The quantitative estimate of drug-likeness (QED) is 0.597. The molecule has 2 bridgehead atoms. The maximum absolute atomic E-state index is 6.09. The molecule has 0 spiro atoms. The van der Waals surface area contributed by atoms with E-state index in [1.807, 2.05) is 0 Å². The summed E-state index contributed by atoms with van der Waals surface area (Å²) < 4.78 is 12.2. The van der Waals surface area contributed by atoms with Gasteiger partial charge in [0.2, 0.25) is 0 Å². The molecule has 3 saturated carbocycles. The second-order valence-electron chi connectivity index (χ2n) is 6.43. The molecule has 4 aliphatic rings. The molecule has 0 aromatic heterocycles. The molecule has 3 heteroatoms. The van der Waals surface area contributed by atoms with Gasteiger partial charge in [-0.15, -0.1) is 0 Å². The summed E-state index contributed by atoms with van der Waals surface area (Å²) >= 11 is 0. The summed E-state index contributed by atoms with van der Waals surface area (Å²) in [6, 6.07) is 0. The molecule has 4 rings (SSSR count). The van der Waals surface area contributed by atoms with E-state index in [4.69, 9.17) is 9.31 Å². The van der Waals surface area contributed by atoms with Gasteiger partial charge in [0, 0.05) is 5.31 Å². The van der Waals surface area contributed by atoms with Crippen molar-refractivity contribution in [3.05, 3.63) is 0 Å². The van der Waals surface area contributed by atoms with Gasteiger partial charge in [0.15, 0.2) is 0 Å². The van der Waals surface area contributed by atoms with Crippen LogP contribution in [0.5, 0.6) is 0 Å². The Morgan fingerprint density at radius 2 is 1.36 bits per heavy atom. The zero-order valence-electron chi connectivity index (χ0n) is 9.59. The van der Waals surface area contributed by atoms with Crippen molar-refractivity contribution in [2.75, 3.05) is 0 Å². The van der Waals surface area contributed by atoms with E-state index in [0.717, 1.165) is 5.92 Å². The van der Waals surface area contributed by atoms with Crippen LogP contribution >= 0.6 is 0 Å². The molecule has 2 nitrogen and oxygen atoms in total. The van der Waals surface area contributed by atoms with Crippen LogP contribution in [0.2, 0.25) is 5.31 Å². The van der Waals surface area contributed by atoms with E-state index in [-0.39, 0.29) is 18.3 Å². The minimum absolute atomic E-state index is 0.0671. The monoisotopic (exact) mass is 194 g/mol. The largest absolute Gasteiger partial charge is 0.464 e. The van der Waals surface area contributed by atoms with Gasteiger partial charge in [-0.1, -0.05) is 0 Å². The van der Waals surface area contributed by atoms with Crippen molar-refractivity contribution >= 4 is 7.12 Å². The second-order valence-corrected chi connectivity index (χ2v) is 6.43. The highest BCUT2D eigenvalue weighted by Crippen LogP contribution is 2.73. The molecular formula is C11H19BO2. The first-order valence-corrected chi connectivity index (χ1v) is 5.70. The first-order valence-electron chi connectivity index (χ1n) is 5.70. The molecule has 0 N–H and O–H groups in total. The number of rotatable bonds is 1. The summed E-state index contributed by atoms with van der Waals surface area (Å²) in [6.07, 6.45) is 4.01. The standard InChI is InChI=1S/C11H19BO2/c1-9(2)10(3,4)14-12(13-9)11-5-8(6-11)7-11/h8H,5-7H2,1-4H3. The van der Waals surface area contributed by atoms with Gasteiger partial charge >= 0.3 is 7.12 Å². The van der Waals surface area contributed by atoms with Crippen molar-refractivity contribution in [1.82, 2.24) is 0 Å². The summed E-state index contributed by atoms with van der Waals surface area (Å²) in [5.74, 6) is 0.994. The van der Waals surface area contributed by atoms with E-state index in [0.29, 0.717) is 5.31 Å². The van der Waals surface area contributed by atoms with E-state index < -0.39 is 0 Å². The molecule has 14 heavy (non-hydrogen) atoms. The Hall–Kier alpha value is -0.0151. The molecule has 1 aliphatic heterocycles. The third-order valence-corrected chi connectivity index (χ3v) is 4.84. The van der Waals surface area contributed by atoms with Gasteiger partial charge < -0.3 is 9.31 Å². The Bertz CT molecular complexity index is 252. The maximum Gasteiger partial charge on any atom is 0.464 e. The molecule has 0 aromatic rings. The number of hydrogen-bond donors (Lipinski definition) is 0. The maximum atomic E-state index is 6.09. The van der Waals surface area contributed by atoms with Gasteiger partial charge in [-0.2, -0.15) is 0 Å². The van der Waals surface area contributed by atoms with Crippen molar-refractivity contribution in [3.63, 3.8) is 0 Å². The Kier molecular flexibility index (Phi) is 1.46. The van der Waals surface area contributed by atoms with Crippen LogP contribution in [0.25, 0.3) is 0 Å². The fourth-order valence-electron chi connectivity index (χ4n) is 2.93. The average molecular weight is 194 g/mol. The third kappa shape index (κ3) is 0.905. The molecule has 0 amide bonds. The third-order valence-electron chi connectivity index (χ3n) is 4.84. The van der Waals surface area contributed by atoms with E-state index in [1.54, 1.807) is 0 Å². The first kappa shape index (κ1) is 9.23. The van der Waals surface area contributed by atoms with Crippen molar-refractivity contribution < 1.29 is 9.31 Å². The van der Waals surface area contributed by atoms with Crippen LogP contribution in [-0.4, -0.2) is 18.3 Å². The van der Waals surface area contributed by atoms with Gasteiger partial charge in [-0.3, -0.25) is 0 Å². The van der Waals surface area contributed by atoms with Gasteiger partial charge in [-0.25, -0.2) is 0 Å². The van der Waals surface area contributed by atoms with Crippen LogP contribution in [-0.2, 0) is 9.31 Å². The molecule has 0 radical (unpaired) electrons. The molecule has 3 aliphatic carbocycles. The molecule has 78 valence electrons. The molecule has 1 heterocycles. The highest BCUT2D eigenvalue weighted by Gasteiger charge is 2.69. The molecule has 4 fully saturated rings. The van der Waals surface area contributed by atoms with E-state index in [9.17, 15) is 0 Å². The minimum atomic E-state index is -0.146. The summed E-state index contributed by atoms with van der Waals surface area (Å²) in [5, 5.41) is 0.412. The zero-order valence-corrected chi connectivity index (χ0v) is 9.59. The highest BCUT2D eigenvalue weighted by molar-refractivity contribution is 6.50. The van der Waals surface area contributed by atoms with Crippen molar-refractivity contribution in [2.24, 2.45) is 5.92 Å². The van der Waals surface area contributed by atoms with Gasteiger partial charge in [0.05, 0.1) is 11.2 Å². The molecule has 0 unspecified atom stereocenters. The Morgan fingerprint density at radius 1 is 0.929 bits per heavy atom. The lowest BCUT2D eigenvalue weighted by Gasteiger charge is -2.62. The van der Waals surface area contributed by atoms with Gasteiger partial charge in [0.1, 0.15) is 0 Å². The normalized spacial score (nSPS) is 47.1. The molecule has 1 saturated heterocycles. The smallest absolute Gasteiger partial charge is 0.403 e. The highest BCUT2D eigenvalue weighted by atomic mass is 16.7. The van der Waals surface area contributed by atoms with Crippen LogP contribution in [0.4, 0.5) is 0 Å². The topological polar surface area (TPSA) is 18.5 Å². The molecule has 0 aromatic carbocycles. The van der Waals surface area contributed by atoms with Gasteiger partial charge in [0.25, 0.3) is 0 Å². The van der Waals surface area contributed by atoms with Crippen LogP contribution in [0.15, 0.2) is 0 Å². The lowest BCUT2D eigenvalue weighted by atomic mass is 9.30. The fourth-order valence-corrected chi connectivity index (χ4v) is 2.93.